The molecular weight excluding hydrogens is 298 g/mol. The third-order valence-electron chi connectivity index (χ3n) is 3.76. The summed E-state index contributed by atoms with van der Waals surface area (Å²) in [4.78, 5) is 12.1. The molecule has 1 aliphatic rings. The average molecular weight is 316 g/mol. The fourth-order valence-corrected chi connectivity index (χ4v) is 3.32. The molecule has 0 aromatic heterocycles. The number of rotatable bonds is 4. The maximum atomic E-state index is 12.2. The SMILES string of the molecule is Cc1ccc(S(=O)(=O)Cl)cc1C(=O)NCC1CCCC1. The molecule has 0 aliphatic heterocycles. The van der Waals surface area contributed by atoms with Crippen LogP contribution in [0.1, 0.15) is 41.6 Å². The molecule has 20 heavy (non-hydrogen) atoms. The van der Waals surface area contributed by atoms with E-state index in [1.165, 1.54) is 25.0 Å². The number of hydrogen-bond donors (Lipinski definition) is 1. The van der Waals surface area contributed by atoms with Crippen LogP contribution >= 0.6 is 10.7 Å². The molecule has 0 heterocycles. The number of hydrogen-bond acceptors (Lipinski definition) is 3. The Morgan fingerprint density at radius 3 is 2.60 bits per heavy atom. The third kappa shape index (κ3) is 3.73. The summed E-state index contributed by atoms with van der Waals surface area (Å²) < 4.78 is 22.6. The molecule has 6 heteroatoms. The zero-order valence-electron chi connectivity index (χ0n) is 11.4. The monoisotopic (exact) mass is 315 g/mol. The summed E-state index contributed by atoms with van der Waals surface area (Å²) in [5, 5.41) is 2.88. The summed E-state index contributed by atoms with van der Waals surface area (Å²) in [6.45, 7) is 2.42. The van der Waals surface area contributed by atoms with E-state index in [1.807, 2.05) is 0 Å². The Balaban J connectivity index is 2.12. The van der Waals surface area contributed by atoms with Gasteiger partial charge in [-0.3, -0.25) is 4.79 Å². The standard InChI is InChI=1S/C14H18ClNO3S/c1-10-6-7-12(20(15,18)19)8-13(10)14(17)16-9-11-4-2-3-5-11/h6-8,11H,2-5,9H2,1H3,(H,16,17). The first kappa shape index (κ1) is 15.3. The number of carbonyl (C=O) groups is 1. The van der Waals surface area contributed by atoms with Crippen LogP contribution in [0.2, 0.25) is 0 Å². The second-order valence-corrected chi connectivity index (χ2v) is 7.84. The number of aryl methyl sites for hydroxylation is 1. The molecule has 110 valence electrons. The fraction of sp³-hybridized carbons (Fsp3) is 0.500. The van der Waals surface area contributed by atoms with Crippen LogP contribution in [0.5, 0.6) is 0 Å². The van der Waals surface area contributed by atoms with Gasteiger partial charge in [-0.1, -0.05) is 18.9 Å². The van der Waals surface area contributed by atoms with Crippen molar-refractivity contribution in [3.8, 4) is 0 Å². The van der Waals surface area contributed by atoms with Gasteiger partial charge in [-0.15, -0.1) is 0 Å². The van der Waals surface area contributed by atoms with E-state index in [0.29, 0.717) is 18.0 Å². The Kier molecular flexibility index (Phi) is 4.70. The van der Waals surface area contributed by atoms with E-state index < -0.39 is 9.05 Å². The van der Waals surface area contributed by atoms with Gasteiger partial charge in [0.1, 0.15) is 0 Å². The van der Waals surface area contributed by atoms with Crippen molar-refractivity contribution >= 4 is 25.6 Å². The Bertz CT molecular complexity index is 607. The van der Waals surface area contributed by atoms with E-state index in [2.05, 4.69) is 5.32 Å². The summed E-state index contributed by atoms with van der Waals surface area (Å²) in [5.41, 5.74) is 1.10. The van der Waals surface area contributed by atoms with Crippen LogP contribution < -0.4 is 5.32 Å². The smallest absolute Gasteiger partial charge is 0.261 e. The summed E-state index contributed by atoms with van der Waals surface area (Å²) >= 11 is 0. The van der Waals surface area contributed by atoms with Crippen LogP contribution in [0.15, 0.2) is 23.1 Å². The molecule has 1 aliphatic carbocycles. The van der Waals surface area contributed by atoms with Crippen LogP contribution in [-0.2, 0) is 9.05 Å². The molecule has 1 aromatic rings. The highest BCUT2D eigenvalue weighted by Crippen LogP contribution is 2.24. The number of carbonyl (C=O) groups excluding carboxylic acids is 1. The summed E-state index contributed by atoms with van der Waals surface area (Å²) in [7, 11) is 1.49. The van der Waals surface area contributed by atoms with Crippen molar-refractivity contribution in [1.29, 1.82) is 0 Å². The van der Waals surface area contributed by atoms with Crippen LogP contribution in [0.3, 0.4) is 0 Å². The average Bonchev–Trinajstić information content (AvgIpc) is 2.88. The quantitative estimate of drug-likeness (QED) is 0.869. The lowest BCUT2D eigenvalue weighted by molar-refractivity contribution is 0.0946. The summed E-state index contributed by atoms with van der Waals surface area (Å²) in [5.74, 6) is 0.302. The van der Waals surface area contributed by atoms with E-state index in [-0.39, 0.29) is 10.8 Å². The van der Waals surface area contributed by atoms with Crippen molar-refractivity contribution in [2.45, 2.75) is 37.5 Å². The summed E-state index contributed by atoms with van der Waals surface area (Å²) in [6.07, 6.45) is 4.74. The molecular formula is C14H18ClNO3S. The topological polar surface area (TPSA) is 63.2 Å². The van der Waals surface area contributed by atoms with Crippen LogP contribution in [0.4, 0.5) is 0 Å². The van der Waals surface area contributed by atoms with Gasteiger partial charge in [-0.25, -0.2) is 8.42 Å². The van der Waals surface area contributed by atoms with Gasteiger partial charge in [0, 0.05) is 22.8 Å². The second kappa shape index (κ2) is 6.14. The Hall–Kier alpha value is -1.07. The number of amides is 1. The van der Waals surface area contributed by atoms with Crippen molar-refractivity contribution in [1.82, 2.24) is 5.32 Å². The minimum absolute atomic E-state index is 0.0456. The van der Waals surface area contributed by atoms with Crippen molar-refractivity contribution in [3.63, 3.8) is 0 Å². The van der Waals surface area contributed by atoms with E-state index >= 15 is 0 Å². The maximum Gasteiger partial charge on any atom is 0.261 e. The minimum atomic E-state index is -3.81. The van der Waals surface area contributed by atoms with Crippen LogP contribution in [0, 0.1) is 12.8 Å². The Morgan fingerprint density at radius 2 is 2.00 bits per heavy atom. The first-order valence-electron chi connectivity index (χ1n) is 6.71. The van der Waals surface area contributed by atoms with Crippen LogP contribution in [0.25, 0.3) is 0 Å². The van der Waals surface area contributed by atoms with Gasteiger partial charge >= 0.3 is 0 Å². The Morgan fingerprint density at radius 1 is 1.35 bits per heavy atom. The molecule has 0 bridgehead atoms. The van der Waals surface area contributed by atoms with Gasteiger partial charge in [0.05, 0.1) is 4.90 Å². The zero-order valence-corrected chi connectivity index (χ0v) is 12.9. The number of nitrogens with one attached hydrogen (secondary N) is 1. The molecule has 1 amide bonds. The molecule has 0 radical (unpaired) electrons. The zero-order chi connectivity index (χ0) is 14.8. The minimum Gasteiger partial charge on any atom is -0.352 e. The molecule has 0 saturated heterocycles. The first-order chi connectivity index (χ1) is 9.38. The predicted octanol–water partition coefficient (Wildman–Crippen LogP) is 2.84. The van der Waals surface area contributed by atoms with Crippen molar-refractivity contribution in [3.05, 3.63) is 29.3 Å². The maximum absolute atomic E-state index is 12.2. The molecule has 4 nitrogen and oxygen atoms in total. The van der Waals surface area contributed by atoms with Gasteiger partial charge in [0.15, 0.2) is 0 Å². The van der Waals surface area contributed by atoms with Crippen molar-refractivity contribution in [2.24, 2.45) is 5.92 Å². The van der Waals surface area contributed by atoms with E-state index in [1.54, 1.807) is 13.0 Å². The second-order valence-electron chi connectivity index (χ2n) is 5.28. The molecule has 1 saturated carbocycles. The fourth-order valence-electron chi connectivity index (χ4n) is 2.54. The molecule has 0 unspecified atom stereocenters. The summed E-state index contributed by atoms with van der Waals surface area (Å²) in [6, 6.07) is 4.34. The molecule has 1 aromatic carbocycles. The molecule has 0 atom stereocenters. The van der Waals surface area contributed by atoms with Crippen molar-refractivity contribution in [2.75, 3.05) is 6.54 Å². The lowest BCUT2D eigenvalue weighted by atomic mass is 10.1. The highest BCUT2D eigenvalue weighted by molar-refractivity contribution is 8.13. The predicted molar refractivity (Wildman–Crippen MR) is 78.5 cm³/mol. The first-order valence-corrected chi connectivity index (χ1v) is 9.02. The van der Waals surface area contributed by atoms with Gasteiger partial charge in [0.2, 0.25) is 0 Å². The largest absolute Gasteiger partial charge is 0.352 e. The highest BCUT2D eigenvalue weighted by atomic mass is 35.7. The molecule has 1 N–H and O–H groups in total. The van der Waals surface area contributed by atoms with Gasteiger partial charge < -0.3 is 5.32 Å². The van der Waals surface area contributed by atoms with Gasteiger partial charge in [0.25, 0.3) is 15.0 Å². The van der Waals surface area contributed by atoms with Crippen LogP contribution in [-0.4, -0.2) is 20.9 Å². The number of benzene rings is 1. The Labute approximate surface area is 123 Å². The van der Waals surface area contributed by atoms with E-state index in [4.69, 9.17) is 10.7 Å². The molecule has 1 fully saturated rings. The normalized spacial score (nSPS) is 16.3. The van der Waals surface area contributed by atoms with Crippen molar-refractivity contribution < 1.29 is 13.2 Å². The molecule has 0 spiro atoms. The van der Waals surface area contributed by atoms with E-state index in [0.717, 1.165) is 18.4 Å². The van der Waals surface area contributed by atoms with Gasteiger partial charge in [-0.05, 0) is 43.4 Å². The lowest BCUT2D eigenvalue weighted by Gasteiger charge is -2.12. The third-order valence-corrected chi connectivity index (χ3v) is 5.11. The van der Waals surface area contributed by atoms with Gasteiger partial charge in [-0.2, -0.15) is 0 Å². The molecule has 2 rings (SSSR count). The lowest BCUT2D eigenvalue weighted by Crippen LogP contribution is -2.29. The highest BCUT2D eigenvalue weighted by Gasteiger charge is 2.18. The van der Waals surface area contributed by atoms with E-state index in [9.17, 15) is 13.2 Å². The number of halogens is 1.